The van der Waals surface area contributed by atoms with Crippen molar-refractivity contribution in [2.24, 2.45) is 4.99 Å². The minimum absolute atomic E-state index is 0. The van der Waals surface area contributed by atoms with Gasteiger partial charge in [0.15, 0.2) is 5.96 Å². The number of guanidine groups is 1. The highest BCUT2D eigenvalue weighted by atomic mass is 127. The number of aliphatic imine (C=N–C) groups is 1. The summed E-state index contributed by atoms with van der Waals surface area (Å²) >= 11 is 0. The van der Waals surface area contributed by atoms with Crippen LogP contribution < -0.4 is 5.32 Å². The summed E-state index contributed by atoms with van der Waals surface area (Å²) in [5.41, 5.74) is 0. The molecule has 21 heavy (non-hydrogen) atoms. The van der Waals surface area contributed by atoms with Gasteiger partial charge in [-0.3, -0.25) is 4.99 Å². The molecule has 0 aromatic heterocycles. The fraction of sp³-hybridized carbons (Fsp3) is 0.933. The topological polar surface area (TPSA) is 46.1 Å². The van der Waals surface area contributed by atoms with Crippen LogP contribution in [0.2, 0.25) is 0 Å². The van der Waals surface area contributed by atoms with Crippen LogP contribution in [0.4, 0.5) is 0 Å². The smallest absolute Gasteiger partial charge is 0.193 e. The van der Waals surface area contributed by atoms with Crippen LogP contribution in [0, 0.1) is 0 Å². The molecule has 0 amide bonds. The van der Waals surface area contributed by atoms with Gasteiger partial charge in [0.1, 0.15) is 0 Å². The number of nitrogens with zero attached hydrogens (tertiary/aromatic N) is 2. The predicted molar refractivity (Wildman–Crippen MR) is 96.6 cm³/mol. The van der Waals surface area contributed by atoms with Crippen molar-refractivity contribution in [3.63, 3.8) is 0 Å². The van der Waals surface area contributed by atoms with Gasteiger partial charge in [-0.1, -0.05) is 0 Å². The first-order valence-electron chi connectivity index (χ1n) is 8.12. The molecular formula is C15H30IN3O2. The number of halogens is 1. The highest BCUT2D eigenvalue weighted by Gasteiger charge is 2.16. The van der Waals surface area contributed by atoms with Gasteiger partial charge < -0.3 is 19.7 Å². The Morgan fingerprint density at radius 2 is 2.14 bits per heavy atom. The Kier molecular flexibility index (Phi) is 10.4. The highest BCUT2D eigenvalue weighted by Crippen LogP contribution is 2.12. The van der Waals surface area contributed by atoms with E-state index in [-0.39, 0.29) is 24.0 Å². The Labute approximate surface area is 145 Å². The second-order valence-corrected chi connectivity index (χ2v) is 5.49. The largest absolute Gasteiger partial charge is 0.379 e. The number of likely N-dealkylation sites (tertiary alicyclic amines) is 1. The number of rotatable bonds is 7. The molecule has 0 aliphatic carbocycles. The summed E-state index contributed by atoms with van der Waals surface area (Å²) in [4.78, 5) is 7.04. The zero-order valence-electron chi connectivity index (χ0n) is 13.2. The zero-order chi connectivity index (χ0) is 14.0. The maximum absolute atomic E-state index is 5.66. The molecule has 6 heteroatoms. The summed E-state index contributed by atoms with van der Waals surface area (Å²) < 4.78 is 11.2. The summed E-state index contributed by atoms with van der Waals surface area (Å²) in [6.45, 7) is 8.60. The Hall–Kier alpha value is -0.0800. The molecule has 1 atom stereocenters. The van der Waals surface area contributed by atoms with Gasteiger partial charge in [0.2, 0.25) is 0 Å². The summed E-state index contributed by atoms with van der Waals surface area (Å²) in [5, 5.41) is 3.38. The molecule has 2 heterocycles. The Bertz CT molecular complexity index is 291. The Morgan fingerprint density at radius 3 is 2.81 bits per heavy atom. The van der Waals surface area contributed by atoms with Crippen molar-refractivity contribution in [2.75, 3.05) is 46.0 Å². The Morgan fingerprint density at radius 1 is 1.33 bits per heavy atom. The molecule has 1 N–H and O–H groups in total. The van der Waals surface area contributed by atoms with Gasteiger partial charge in [0, 0.05) is 39.4 Å². The normalized spacial score (nSPS) is 22.4. The average Bonchev–Trinajstić information content (AvgIpc) is 3.13. The van der Waals surface area contributed by atoms with Crippen LogP contribution in [0.25, 0.3) is 0 Å². The Balaban J connectivity index is 0.00000220. The van der Waals surface area contributed by atoms with Crippen molar-refractivity contribution in [2.45, 2.75) is 45.1 Å². The summed E-state index contributed by atoms with van der Waals surface area (Å²) in [7, 11) is 0. The van der Waals surface area contributed by atoms with E-state index in [0.29, 0.717) is 6.10 Å². The van der Waals surface area contributed by atoms with Crippen LogP contribution in [0.3, 0.4) is 0 Å². The van der Waals surface area contributed by atoms with E-state index < -0.39 is 0 Å². The number of ether oxygens (including phenoxy) is 2. The molecule has 0 aromatic rings. The lowest BCUT2D eigenvalue weighted by Crippen LogP contribution is -2.39. The minimum atomic E-state index is 0. The first-order valence-corrected chi connectivity index (χ1v) is 8.12. The van der Waals surface area contributed by atoms with E-state index in [1.54, 1.807) is 0 Å². The fourth-order valence-corrected chi connectivity index (χ4v) is 2.70. The van der Waals surface area contributed by atoms with Gasteiger partial charge in [-0.05, 0) is 39.0 Å². The second-order valence-electron chi connectivity index (χ2n) is 5.49. The van der Waals surface area contributed by atoms with Crippen LogP contribution >= 0.6 is 24.0 Å². The van der Waals surface area contributed by atoms with Crippen molar-refractivity contribution in [3.8, 4) is 0 Å². The van der Waals surface area contributed by atoms with Gasteiger partial charge in [-0.15, -0.1) is 24.0 Å². The maximum Gasteiger partial charge on any atom is 0.193 e. The second kappa shape index (κ2) is 11.5. The van der Waals surface area contributed by atoms with Gasteiger partial charge >= 0.3 is 0 Å². The van der Waals surface area contributed by atoms with Gasteiger partial charge in [0.25, 0.3) is 0 Å². The van der Waals surface area contributed by atoms with Crippen LogP contribution in [0.15, 0.2) is 4.99 Å². The molecule has 0 aromatic carbocycles. The van der Waals surface area contributed by atoms with Gasteiger partial charge in [-0.2, -0.15) is 0 Å². The van der Waals surface area contributed by atoms with Crippen LogP contribution in [0.1, 0.15) is 39.0 Å². The van der Waals surface area contributed by atoms with E-state index in [9.17, 15) is 0 Å². The predicted octanol–water partition coefficient (Wildman–Crippen LogP) is 2.25. The molecule has 2 fully saturated rings. The standard InChI is InChI=1S/C15H29N3O2.HI/c1-2-16-15(18-9-3-4-10-18)17-8-6-11-19-13-14-7-5-12-20-14;/h14H,2-13H2,1H3,(H,16,17);1H. The lowest BCUT2D eigenvalue weighted by atomic mass is 10.2. The third-order valence-corrected chi connectivity index (χ3v) is 3.78. The number of nitrogens with one attached hydrogen (secondary N) is 1. The first-order chi connectivity index (χ1) is 9.90. The molecule has 0 bridgehead atoms. The SMILES string of the molecule is CCNC(=NCCCOCC1CCCO1)N1CCCC1.I. The quantitative estimate of drug-likeness (QED) is 0.302. The number of hydrogen-bond acceptors (Lipinski definition) is 3. The van der Waals surface area contributed by atoms with Crippen molar-refractivity contribution in [1.82, 2.24) is 10.2 Å². The molecule has 0 radical (unpaired) electrons. The van der Waals surface area contributed by atoms with Crippen molar-refractivity contribution in [1.29, 1.82) is 0 Å². The summed E-state index contributed by atoms with van der Waals surface area (Å²) in [6, 6.07) is 0. The van der Waals surface area contributed by atoms with Gasteiger partial charge in [-0.25, -0.2) is 0 Å². The third kappa shape index (κ3) is 7.15. The first kappa shape index (κ1) is 19.0. The van der Waals surface area contributed by atoms with Crippen LogP contribution in [-0.2, 0) is 9.47 Å². The summed E-state index contributed by atoms with van der Waals surface area (Å²) in [5.74, 6) is 1.07. The van der Waals surface area contributed by atoms with Crippen LogP contribution in [-0.4, -0.2) is 63.0 Å². The molecule has 2 aliphatic heterocycles. The number of hydrogen-bond donors (Lipinski definition) is 1. The fourth-order valence-electron chi connectivity index (χ4n) is 2.70. The van der Waals surface area contributed by atoms with E-state index in [1.807, 2.05) is 0 Å². The van der Waals surface area contributed by atoms with E-state index in [0.717, 1.165) is 64.8 Å². The third-order valence-electron chi connectivity index (χ3n) is 3.78. The molecule has 2 aliphatic rings. The minimum Gasteiger partial charge on any atom is -0.379 e. The van der Waals surface area contributed by atoms with E-state index in [2.05, 4.69) is 22.1 Å². The van der Waals surface area contributed by atoms with Gasteiger partial charge in [0.05, 0.1) is 12.7 Å². The average molecular weight is 411 g/mol. The summed E-state index contributed by atoms with van der Waals surface area (Å²) in [6.07, 6.45) is 6.22. The molecule has 2 saturated heterocycles. The monoisotopic (exact) mass is 411 g/mol. The molecule has 0 saturated carbocycles. The van der Waals surface area contributed by atoms with Crippen molar-refractivity contribution in [3.05, 3.63) is 0 Å². The molecule has 2 rings (SSSR count). The van der Waals surface area contributed by atoms with Crippen molar-refractivity contribution < 1.29 is 9.47 Å². The highest BCUT2D eigenvalue weighted by molar-refractivity contribution is 14.0. The lowest BCUT2D eigenvalue weighted by Gasteiger charge is -2.20. The lowest BCUT2D eigenvalue weighted by molar-refractivity contribution is 0.0170. The van der Waals surface area contributed by atoms with E-state index in [1.165, 1.54) is 19.3 Å². The molecule has 124 valence electrons. The molecule has 0 spiro atoms. The molecule has 1 unspecified atom stereocenters. The van der Waals surface area contributed by atoms with Crippen LogP contribution in [0.5, 0.6) is 0 Å². The maximum atomic E-state index is 5.66. The van der Waals surface area contributed by atoms with Crippen molar-refractivity contribution >= 4 is 29.9 Å². The van der Waals surface area contributed by atoms with E-state index in [4.69, 9.17) is 9.47 Å². The zero-order valence-corrected chi connectivity index (χ0v) is 15.5. The molecule has 5 nitrogen and oxygen atoms in total. The van der Waals surface area contributed by atoms with E-state index >= 15 is 0 Å². The molecular weight excluding hydrogens is 381 g/mol.